The van der Waals surface area contributed by atoms with Gasteiger partial charge in [-0.3, -0.25) is 13.9 Å². The Morgan fingerprint density at radius 1 is 0.897 bits per heavy atom. The van der Waals surface area contributed by atoms with E-state index in [4.69, 9.17) is 25.8 Å². The number of halogens is 1. The highest BCUT2D eigenvalue weighted by molar-refractivity contribution is 7.92. The van der Waals surface area contributed by atoms with E-state index in [-0.39, 0.29) is 44.3 Å². The Hall–Kier alpha value is -3.96. The molecule has 0 radical (unpaired) electrons. The Labute approximate surface area is 232 Å². The van der Waals surface area contributed by atoms with Crippen LogP contribution in [0.15, 0.2) is 65.6 Å². The zero-order chi connectivity index (χ0) is 28.6. The first-order valence-electron chi connectivity index (χ1n) is 11.9. The molecule has 208 valence electrons. The molecule has 0 aliphatic rings. The molecule has 2 N–H and O–H groups in total. The number of carbonyl (C=O) groups excluding carboxylic acids is 2. The van der Waals surface area contributed by atoms with Crippen LogP contribution in [-0.2, 0) is 14.8 Å². The quantitative estimate of drug-likeness (QED) is 0.329. The molecule has 3 rings (SSSR count). The van der Waals surface area contributed by atoms with Crippen molar-refractivity contribution in [1.82, 2.24) is 5.32 Å². The average molecular weight is 576 g/mol. The molecule has 39 heavy (non-hydrogen) atoms. The van der Waals surface area contributed by atoms with Gasteiger partial charge in [-0.1, -0.05) is 30.7 Å². The number of carbonyl (C=O) groups is 2. The largest absolute Gasteiger partial charge is 0.495 e. The number of rotatable bonds is 12. The topological polar surface area (TPSA) is 123 Å². The molecule has 0 saturated carbocycles. The lowest BCUT2D eigenvalue weighted by Crippen LogP contribution is -2.38. The van der Waals surface area contributed by atoms with E-state index in [9.17, 15) is 18.0 Å². The highest BCUT2D eigenvalue weighted by atomic mass is 35.5. The second kappa shape index (κ2) is 13.2. The predicted molar refractivity (Wildman–Crippen MR) is 150 cm³/mol. The van der Waals surface area contributed by atoms with Gasteiger partial charge in [-0.25, -0.2) is 8.42 Å². The third-order valence-electron chi connectivity index (χ3n) is 5.62. The number of anilines is 2. The van der Waals surface area contributed by atoms with Crippen LogP contribution in [0.3, 0.4) is 0 Å². The molecule has 2 amide bonds. The molecular weight excluding hydrogens is 546 g/mol. The molecule has 0 spiro atoms. The summed E-state index contributed by atoms with van der Waals surface area (Å²) in [4.78, 5) is 25.8. The molecule has 0 atom stereocenters. The number of nitrogens with zero attached hydrogens (tertiary/aromatic N) is 1. The normalized spacial score (nSPS) is 10.9. The van der Waals surface area contributed by atoms with Gasteiger partial charge in [-0.2, -0.15) is 0 Å². The SMILES string of the molecule is CCCNC(=O)c1ccccc1NC(=O)CN(c1cc(Cl)ccc1OC)S(=O)(=O)c1ccc(OC)c(OC)c1. The van der Waals surface area contributed by atoms with Crippen LogP contribution in [0.2, 0.25) is 5.02 Å². The number of para-hydroxylation sites is 1. The monoisotopic (exact) mass is 575 g/mol. The van der Waals surface area contributed by atoms with Crippen LogP contribution in [-0.4, -0.2) is 54.7 Å². The summed E-state index contributed by atoms with van der Waals surface area (Å²) in [5, 5.41) is 5.66. The van der Waals surface area contributed by atoms with Crippen molar-refractivity contribution in [2.45, 2.75) is 18.2 Å². The summed E-state index contributed by atoms with van der Waals surface area (Å²) in [6.07, 6.45) is 0.741. The Kier molecular flexibility index (Phi) is 10.0. The number of benzene rings is 3. The molecule has 0 fully saturated rings. The van der Waals surface area contributed by atoms with E-state index in [2.05, 4.69) is 10.6 Å². The van der Waals surface area contributed by atoms with Gasteiger partial charge in [0.2, 0.25) is 5.91 Å². The zero-order valence-corrected chi connectivity index (χ0v) is 23.6. The second-order valence-corrected chi connectivity index (χ2v) is 10.5. The fourth-order valence-corrected chi connectivity index (χ4v) is 5.31. The highest BCUT2D eigenvalue weighted by Crippen LogP contribution is 2.37. The number of nitrogens with one attached hydrogen (secondary N) is 2. The summed E-state index contributed by atoms with van der Waals surface area (Å²) in [5.74, 6) is -0.362. The van der Waals surface area contributed by atoms with Gasteiger partial charge in [0.1, 0.15) is 12.3 Å². The van der Waals surface area contributed by atoms with Crippen molar-refractivity contribution in [3.8, 4) is 17.2 Å². The van der Waals surface area contributed by atoms with Gasteiger partial charge in [0.15, 0.2) is 11.5 Å². The molecule has 0 aliphatic heterocycles. The van der Waals surface area contributed by atoms with Gasteiger partial charge >= 0.3 is 0 Å². The van der Waals surface area contributed by atoms with Crippen molar-refractivity contribution in [1.29, 1.82) is 0 Å². The molecule has 0 unspecified atom stereocenters. The van der Waals surface area contributed by atoms with Crippen molar-refractivity contribution in [2.75, 3.05) is 44.0 Å². The molecular formula is C27H30ClN3O7S. The number of sulfonamides is 1. The Morgan fingerprint density at radius 2 is 1.56 bits per heavy atom. The van der Waals surface area contributed by atoms with Gasteiger partial charge in [0.25, 0.3) is 15.9 Å². The van der Waals surface area contributed by atoms with Crippen molar-refractivity contribution in [3.63, 3.8) is 0 Å². The summed E-state index contributed by atoms with van der Waals surface area (Å²) in [6, 6.07) is 15.0. The van der Waals surface area contributed by atoms with Crippen LogP contribution in [0.25, 0.3) is 0 Å². The lowest BCUT2D eigenvalue weighted by molar-refractivity contribution is -0.114. The summed E-state index contributed by atoms with van der Waals surface area (Å²) in [7, 11) is -0.181. The third kappa shape index (κ3) is 6.92. The smallest absolute Gasteiger partial charge is 0.265 e. The van der Waals surface area contributed by atoms with Gasteiger partial charge in [-0.05, 0) is 48.9 Å². The second-order valence-electron chi connectivity index (χ2n) is 8.19. The minimum absolute atomic E-state index is 0.0453. The zero-order valence-electron chi connectivity index (χ0n) is 22.0. The maximum absolute atomic E-state index is 13.9. The predicted octanol–water partition coefficient (Wildman–Crippen LogP) is 4.34. The maximum Gasteiger partial charge on any atom is 0.265 e. The number of methoxy groups -OCH3 is 3. The molecule has 10 nitrogen and oxygen atoms in total. The van der Waals surface area contributed by atoms with Crippen LogP contribution in [0.5, 0.6) is 17.2 Å². The number of amides is 2. The molecule has 3 aromatic rings. The van der Waals surface area contributed by atoms with Crippen molar-refractivity contribution in [3.05, 3.63) is 71.2 Å². The minimum atomic E-state index is -4.37. The van der Waals surface area contributed by atoms with Crippen molar-refractivity contribution < 1.29 is 32.2 Å². The van der Waals surface area contributed by atoms with Crippen LogP contribution < -0.4 is 29.1 Å². The van der Waals surface area contributed by atoms with Gasteiger partial charge in [-0.15, -0.1) is 0 Å². The fraction of sp³-hybridized carbons (Fsp3) is 0.259. The third-order valence-corrected chi connectivity index (χ3v) is 7.61. The van der Waals surface area contributed by atoms with E-state index in [1.807, 2.05) is 6.92 Å². The molecule has 3 aromatic carbocycles. The Bertz CT molecular complexity index is 1450. The molecule has 0 saturated heterocycles. The summed E-state index contributed by atoms with van der Waals surface area (Å²) in [6.45, 7) is 1.73. The van der Waals surface area contributed by atoms with Crippen molar-refractivity contribution >= 4 is 44.8 Å². The summed E-state index contributed by atoms with van der Waals surface area (Å²) in [5.41, 5.74) is 0.524. The van der Waals surface area contributed by atoms with E-state index in [0.717, 1.165) is 10.7 Å². The molecule has 0 bridgehead atoms. The van der Waals surface area contributed by atoms with E-state index in [0.29, 0.717) is 12.3 Å². The first-order valence-corrected chi connectivity index (χ1v) is 13.7. The minimum Gasteiger partial charge on any atom is -0.495 e. The fourth-order valence-electron chi connectivity index (χ4n) is 3.71. The lowest BCUT2D eigenvalue weighted by atomic mass is 10.1. The summed E-state index contributed by atoms with van der Waals surface area (Å²) < 4.78 is 44.7. The maximum atomic E-state index is 13.9. The Balaban J connectivity index is 2.04. The van der Waals surface area contributed by atoms with Crippen LogP contribution in [0.4, 0.5) is 11.4 Å². The van der Waals surface area contributed by atoms with Crippen LogP contribution in [0, 0.1) is 0 Å². The number of hydrogen-bond donors (Lipinski definition) is 2. The summed E-state index contributed by atoms with van der Waals surface area (Å²) >= 11 is 6.21. The van der Waals surface area contributed by atoms with Gasteiger partial charge < -0.3 is 24.8 Å². The van der Waals surface area contributed by atoms with E-state index >= 15 is 0 Å². The molecule has 0 aromatic heterocycles. The molecule has 0 aliphatic carbocycles. The van der Waals surface area contributed by atoms with Gasteiger partial charge in [0.05, 0.1) is 43.2 Å². The van der Waals surface area contributed by atoms with E-state index in [1.54, 1.807) is 24.3 Å². The van der Waals surface area contributed by atoms with Crippen LogP contribution in [0.1, 0.15) is 23.7 Å². The number of ether oxygens (including phenoxy) is 3. The first-order chi connectivity index (χ1) is 18.7. The molecule has 12 heteroatoms. The average Bonchev–Trinajstić information content (AvgIpc) is 2.94. The van der Waals surface area contributed by atoms with Crippen molar-refractivity contribution in [2.24, 2.45) is 0 Å². The van der Waals surface area contributed by atoms with Gasteiger partial charge in [0, 0.05) is 17.6 Å². The number of hydrogen-bond acceptors (Lipinski definition) is 7. The van der Waals surface area contributed by atoms with E-state index in [1.165, 1.54) is 57.7 Å². The Morgan fingerprint density at radius 3 is 2.23 bits per heavy atom. The highest BCUT2D eigenvalue weighted by Gasteiger charge is 2.31. The van der Waals surface area contributed by atoms with Crippen LogP contribution >= 0.6 is 11.6 Å². The van der Waals surface area contributed by atoms with E-state index < -0.39 is 22.5 Å². The first kappa shape index (κ1) is 29.6. The molecule has 0 heterocycles. The standard InChI is InChI=1S/C27H30ClN3O7S/c1-5-14-29-27(33)20-8-6-7-9-21(20)30-26(32)17-31(22-15-18(28)10-12-23(22)36-2)39(34,35)19-11-13-24(37-3)25(16-19)38-4/h6-13,15-16H,5,14,17H2,1-4H3,(H,29,33)(H,30,32). The lowest BCUT2D eigenvalue weighted by Gasteiger charge is -2.26.